The molecule has 0 spiro atoms. The van der Waals surface area contributed by atoms with Crippen molar-refractivity contribution in [2.45, 2.75) is 26.2 Å². The van der Waals surface area contributed by atoms with Crippen LogP contribution in [0.3, 0.4) is 0 Å². The molecule has 2 amide bonds. The number of carbonyl (C=O) groups is 2. The molecule has 2 N–H and O–H groups in total. The van der Waals surface area contributed by atoms with E-state index >= 15 is 0 Å². The number of benzene rings is 2. The van der Waals surface area contributed by atoms with Gasteiger partial charge in [0.25, 0.3) is 5.91 Å². The summed E-state index contributed by atoms with van der Waals surface area (Å²) in [7, 11) is 0. The monoisotopic (exact) mass is 371 g/mol. The van der Waals surface area contributed by atoms with Gasteiger partial charge in [-0.05, 0) is 29.2 Å². The number of carbonyl (C=O) groups excluding carboxylic acids is 2. The molecule has 0 heterocycles. The summed E-state index contributed by atoms with van der Waals surface area (Å²) in [6.45, 7) is 4.47. The molecule has 0 saturated carbocycles. The van der Waals surface area contributed by atoms with Crippen LogP contribution in [-0.4, -0.2) is 24.6 Å². The molecule has 0 aliphatic heterocycles. The molecule has 0 aliphatic carbocycles. The van der Waals surface area contributed by atoms with Gasteiger partial charge in [-0.3, -0.25) is 9.59 Å². The Morgan fingerprint density at radius 3 is 2.46 bits per heavy atom. The highest BCUT2D eigenvalue weighted by Gasteiger charge is 2.09. The molecule has 2 aromatic carbocycles. The Morgan fingerprint density at radius 2 is 1.81 bits per heavy atom. The van der Waals surface area contributed by atoms with E-state index in [2.05, 4.69) is 29.7 Å². The van der Waals surface area contributed by atoms with E-state index in [0.717, 1.165) is 5.56 Å². The van der Waals surface area contributed by atoms with Crippen LogP contribution in [0.1, 0.15) is 47.7 Å². The normalized spacial score (nSPS) is 10.9. The standard InChI is InChI=1S/C20H22ClN3O2/c1-14(2)16-9-7-15(8-10-16)13-23-24-19(25)11-12-22-20(26)17-5-3-4-6-18(17)21/h3-10,13-14H,11-12H2,1-2H3,(H,22,26)(H,24,25)/b23-13-. The third-order valence-corrected chi connectivity index (χ3v) is 4.09. The maximum absolute atomic E-state index is 12.0. The topological polar surface area (TPSA) is 70.6 Å². The Morgan fingerprint density at radius 1 is 1.12 bits per heavy atom. The lowest BCUT2D eigenvalue weighted by atomic mass is 10.0. The molecule has 0 atom stereocenters. The van der Waals surface area contributed by atoms with Gasteiger partial charge in [0.1, 0.15) is 0 Å². The van der Waals surface area contributed by atoms with E-state index in [1.54, 1.807) is 30.5 Å². The van der Waals surface area contributed by atoms with Crippen molar-refractivity contribution in [1.29, 1.82) is 0 Å². The maximum atomic E-state index is 12.0. The summed E-state index contributed by atoms with van der Waals surface area (Å²) in [5.41, 5.74) is 4.99. The summed E-state index contributed by atoms with van der Waals surface area (Å²) in [5, 5.41) is 6.96. The molecule has 0 saturated heterocycles. The summed E-state index contributed by atoms with van der Waals surface area (Å²) >= 11 is 5.96. The lowest BCUT2D eigenvalue weighted by Gasteiger charge is -2.06. The van der Waals surface area contributed by atoms with Crippen molar-refractivity contribution in [3.63, 3.8) is 0 Å². The molecule has 26 heavy (non-hydrogen) atoms. The van der Waals surface area contributed by atoms with Crippen molar-refractivity contribution in [2.75, 3.05) is 6.54 Å². The van der Waals surface area contributed by atoms with Crippen molar-refractivity contribution in [3.8, 4) is 0 Å². The second-order valence-corrected chi connectivity index (χ2v) is 6.51. The fraction of sp³-hybridized carbons (Fsp3) is 0.250. The largest absolute Gasteiger partial charge is 0.351 e. The van der Waals surface area contributed by atoms with E-state index in [1.165, 1.54) is 5.56 Å². The summed E-state index contributed by atoms with van der Waals surface area (Å²) in [6.07, 6.45) is 1.71. The molecule has 5 nitrogen and oxygen atoms in total. The first kappa shape index (κ1) is 19.7. The predicted molar refractivity (Wildman–Crippen MR) is 105 cm³/mol. The van der Waals surface area contributed by atoms with E-state index < -0.39 is 0 Å². The van der Waals surface area contributed by atoms with E-state index in [4.69, 9.17) is 11.6 Å². The van der Waals surface area contributed by atoms with Crippen LogP contribution in [0.25, 0.3) is 0 Å². The lowest BCUT2D eigenvalue weighted by Crippen LogP contribution is -2.29. The van der Waals surface area contributed by atoms with Crippen molar-refractivity contribution >= 4 is 29.6 Å². The molecule has 0 fully saturated rings. The zero-order valence-corrected chi connectivity index (χ0v) is 15.6. The quantitative estimate of drug-likeness (QED) is 0.575. The Labute approximate surface area is 158 Å². The zero-order valence-electron chi connectivity index (χ0n) is 14.8. The third-order valence-electron chi connectivity index (χ3n) is 3.76. The third kappa shape index (κ3) is 6.01. The Hall–Kier alpha value is -2.66. The van der Waals surface area contributed by atoms with Crippen molar-refractivity contribution in [3.05, 3.63) is 70.2 Å². The molecule has 0 aliphatic rings. The van der Waals surface area contributed by atoms with Gasteiger partial charge in [0.2, 0.25) is 5.91 Å². The fourth-order valence-electron chi connectivity index (χ4n) is 2.23. The highest BCUT2D eigenvalue weighted by atomic mass is 35.5. The van der Waals surface area contributed by atoms with E-state index in [1.807, 2.05) is 24.3 Å². The van der Waals surface area contributed by atoms with Gasteiger partial charge in [-0.1, -0.05) is 61.8 Å². The Balaban J connectivity index is 1.73. The first-order valence-electron chi connectivity index (χ1n) is 8.42. The van der Waals surface area contributed by atoms with Gasteiger partial charge < -0.3 is 5.32 Å². The van der Waals surface area contributed by atoms with Crippen LogP contribution in [0, 0.1) is 0 Å². The molecular formula is C20H22ClN3O2. The van der Waals surface area contributed by atoms with Crippen LogP contribution in [0.5, 0.6) is 0 Å². The minimum Gasteiger partial charge on any atom is -0.351 e. The SMILES string of the molecule is CC(C)c1ccc(/C=N\NC(=O)CCNC(=O)c2ccccc2Cl)cc1. The number of nitrogens with zero attached hydrogens (tertiary/aromatic N) is 1. The number of amides is 2. The fourth-order valence-corrected chi connectivity index (χ4v) is 2.45. The second kappa shape index (κ2) is 9.73. The molecule has 0 radical (unpaired) electrons. The van der Waals surface area contributed by atoms with Crippen LogP contribution >= 0.6 is 11.6 Å². The van der Waals surface area contributed by atoms with Crippen molar-refractivity contribution in [2.24, 2.45) is 5.10 Å². The zero-order chi connectivity index (χ0) is 18.9. The number of halogens is 1. The number of hydrogen-bond donors (Lipinski definition) is 2. The molecule has 0 aromatic heterocycles. The molecule has 0 bridgehead atoms. The number of hydrogen-bond acceptors (Lipinski definition) is 3. The van der Waals surface area contributed by atoms with Gasteiger partial charge in [0, 0.05) is 13.0 Å². The van der Waals surface area contributed by atoms with Crippen LogP contribution in [0.15, 0.2) is 53.6 Å². The second-order valence-electron chi connectivity index (χ2n) is 6.10. The van der Waals surface area contributed by atoms with Crippen molar-refractivity contribution < 1.29 is 9.59 Å². The minimum atomic E-state index is -0.308. The van der Waals surface area contributed by atoms with E-state index in [9.17, 15) is 9.59 Å². The minimum absolute atomic E-state index is 0.125. The number of hydrazone groups is 1. The molecule has 0 unspecified atom stereocenters. The lowest BCUT2D eigenvalue weighted by molar-refractivity contribution is -0.120. The van der Waals surface area contributed by atoms with E-state index in [-0.39, 0.29) is 24.8 Å². The first-order valence-corrected chi connectivity index (χ1v) is 8.79. The predicted octanol–water partition coefficient (Wildman–Crippen LogP) is 3.73. The van der Waals surface area contributed by atoms with Gasteiger partial charge in [-0.2, -0.15) is 5.10 Å². The summed E-state index contributed by atoms with van der Waals surface area (Å²) < 4.78 is 0. The highest BCUT2D eigenvalue weighted by molar-refractivity contribution is 6.33. The highest BCUT2D eigenvalue weighted by Crippen LogP contribution is 2.14. The summed E-state index contributed by atoms with van der Waals surface area (Å²) in [6, 6.07) is 14.7. The smallest absolute Gasteiger partial charge is 0.252 e. The summed E-state index contributed by atoms with van der Waals surface area (Å²) in [4.78, 5) is 23.7. The van der Waals surface area contributed by atoms with Crippen LogP contribution in [0.2, 0.25) is 5.02 Å². The number of nitrogens with one attached hydrogen (secondary N) is 2. The van der Waals surface area contributed by atoms with Gasteiger partial charge in [0.05, 0.1) is 16.8 Å². The average molecular weight is 372 g/mol. The molecular weight excluding hydrogens is 350 g/mol. The number of rotatable bonds is 7. The van der Waals surface area contributed by atoms with Gasteiger partial charge in [0.15, 0.2) is 0 Å². The van der Waals surface area contributed by atoms with Crippen LogP contribution in [0.4, 0.5) is 0 Å². The van der Waals surface area contributed by atoms with Crippen molar-refractivity contribution in [1.82, 2.24) is 10.7 Å². The van der Waals surface area contributed by atoms with Crippen LogP contribution in [-0.2, 0) is 4.79 Å². The first-order chi connectivity index (χ1) is 12.5. The maximum Gasteiger partial charge on any atom is 0.252 e. The average Bonchev–Trinajstić information content (AvgIpc) is 2.62. The summed E-state index contributed by atoms with van der Waals surface area (Å²) in [5.74, 6) is -0.113. The Kier molecular flexibility index (Phi) is 7.36. The van der Waals surface area contributed by atoms with Gasteiger partial charge in [-0.25, -0.2) is 5.43 Å². The Bertz CT molecular complexity index is 786. The van der Waals surface area contributed by atoms with Gasteiger partial charge in [-0.15, -0.1) is 0 Å². The molecule has 136 valence electrons. The van der Waals surface area contributed by atoms with Gasteiger partial charge >= 0.3 is 0 Å². The molecule has 6 heteroatoms. The van der Waals surface area contributed by atoms with E-state index in [0.29, 0.717) is 16.5 Å². The van der Waals surface area contributed by atoms with Crippen LogP contribution < -0.4 is 10.7 Å². The molecule has 2 aromatic rings. The molecule has 2 rings (SSSR count).